The predicted octanol–water partition coefficient (Wildman–Crippen LogP) is 2.31. The zero-order valence-corrected chi connectivity index (χ0v) is 8.88. The Hall–Kier alpha value is -1.12. The number of anilines is 1. The number of aryl methyl sites for hydroxylation is 2. The first-order valence-corrected chi connectivity index (χ1v) is 5.39. The molecule has 0 radical (unpaired) electrons. The van der Waals surface area contributed by atoms with Crippen LogP contribution in [-0.4, -0.2) is 16.0 Å². The van der Waals surface area contributed by atoms with Crippen LogP contribution < -0.4 is 5.32 Å². The van der Waals surface area contributed by atoms with Crippen LogP contribution in [0.1, 0.15) is 37.7 Å². The van der Waals surface area contributed by atoms with Crippen molar-refractivity contribution in [2.75, 3.05) is 5.32 Å². The summed E-state index contributed by atoms with van der Waals surface area (Å²) >= 11 is 0. The summed E-state index contributed by atoms with van der Waals surface area (Å²) in [6.07, 6.45) is 4.89. The van der Waals surface area contributed by atoms with Crippen LogP contribution in [0, 0.1) is 6.92 Å². The molecule has 0 spiro atoms. The molecule has 1 N–H and O–H groups in total. The van der Waals surface area contributed by atoms with Crippen LogP contribution in [0.25, 0.3) is 0 Å². The minimum atomic E-state index is 0.647. The Kier molecular flexibility index (Phi) is 2.66. The second-order valence-electron chi connectivity index (χ2n) is 3.92. The van der Waals surface area contributed by atoms with Crippen LogP contribution in [-0.2, 0) is 6.42 Å². The minimum Gasteiger partial charge on any atom is -0.367 e. The summed E-state index contributed by atoms with van der Waals surface area (Å²) in [6, 6.07) is 2.71. The maximum absolute atomic E-state index is 4.38. The molecular weight excluding hydrogens is 174 g/mol. The summed E-state index contributed by atoms with van der Waals surface area (Å²) in [5.74, 6) is 1.87. The van der Waals surface area contributed by atoms with E-state index in [0.717, 1.165) is 23.8 Å². The SMILES string of the molecule is CCc1cc(NC2CCC2)nc(C)n1. The highest BCUT2D eigenvalue weighted by Gasteiger charge is 2.17. The summed E-state index contributed by atoms with van der Waals surface area (Å²) in [5.41, 5.74) is 1.12. The van der Waals surface area contributed by atoms with Gasteiger partial charge in [-0.2, -0.15) is 0 Å². The zero-order valence-electron chi connectivity index (χ0n) is 8.88. The molecule has 0 aromatic carbocycles. The van der Waals surface area contributed by atoms with Crippen LogP contribution in [0.2, 0.25) is 0 Å². The Morgan fingerprint density at radius 1 is 1.43 bits per heavy atom. The van der Waals surface area contributed by atoms with Gasteiger partial charge in [0.15, 0.2) is 0 Å². The van der Waals surface area contributed by atoms with E-state index in [1.807, 2.05) is 6.92 Å². The summed E-state index contributed by atoms with van der Waals surface area (Å²) in [4.78, 5) is 8.73. The standard InChI is InChI=1S/C11H17N3/c1-3-9-7-11(13-8(2)12-9)14-10-5-4-6-10/h7,10H,3-6H2,1-2H3,(H,12,13,14). The number of nitrogens with zero attached hydrogens (tertiary/aromatic N) is 2. The van der Waals surface area contributed by atoms with Crippen molar-refractivity contribution in [1.82, 2.24) is 9.97 Å². The minimum absolute atomic E-state index is 0.647. The Bertz CT molecular complexity index is 318. The van der Waals surface area contributed by atoms with Crippen molar-refractivity contribution >= 4 is 5.82 Å². The monoisotopic (exact) mass is 191 g/mol. The molecule has 0 aliphatic heterocycles. The lowest BCUT2D eigenvalue weighted by molar-refractivity contribution is 0.444. The van der Waals surface area contributed by atoms with E-state index >= 15 is 0 Å². The lowest BCUT2D eigenvalue weighted by atomic mass is 9.93. The Labute approximate surface area is 85.0 Å². The lowest BCUT2D eigenvalue weighted by Gasteiger charge is -2.27. The second-order valence-corrected chi connectivity index (χ2v) is 3.92. The Balaban J connectivity index is 2.11. The topological polar surface area (TPSA) is 37.8 Å². The quantitative estimate of drug-likeness (QED) is 0.796. The van der Waals surface area contributed by atoms with Gasteiger partial charge >= 0.3 is 0 Å². The van der Waals surface area contributed by atoms with E-state index in [1.165, 1.54) is 19.3 Å². The van der Waals surface area contributed by atoms with Gasteiger partial charge in [-0.05, 0) is 32.6 Å². The van der Waals surface area contributed by atoms with Crippen LogP contribution in [0.5, 0.6) is 0 Å². The van der Waals surface area contributed by atoms with Gasteiger partial charge in [0, 0.05) is 17.8 Å². The molecule has 2 rings (SSSR count). The van der Waals surface area contributed by atoms with E-state index in [9.17, 15) is 0 Å². The summed E-state index contributed by atoms with van der Waals surface area (Å²) < 4.78 is 0. The summed E-state index contributed by atoms with van der Waals surface area (Å²) in [6.45, 7) is 4.07. The van der Waals surface area contributed by atoms with Crippen molar-refractivity contribution in [2.24, 2.45) is 0 Å². The van der Waals surface area contributed by atoms with Gasteiger partial charge in [-0.3, -0.25) is 0 Å². The smallest absolute Gasteiger partial charge is 0.130 e. The van der Waals surface area contributed by atoms with Crippen molar-refractivity contribution in [3.05, 3.63) is 17.6 Å². The Morgan fingerprint density at radius 2 is 2.21 bits per heavy atom. The van der Waals surface area contributed by atoms with Gasteiger partial charge in [0.05, 0.1) is 0 Å². The first-order valence-electron chi connectivity index (χ1n) is 5.39. The average molecular weight is 191 g/mol. The normalized spacial score (nSPS) is 16.4. The maximum atomic E-state index is 4.38. The van der Waals surface area contributed by atoms with Crippen molar-refractivity contribution in [2.45, 2.75) is 45.6 Å². The highest BCUT2D eigenvalue weighted by Crippen LogP contribution is 2.22. The molecule has 1 heterocycles. The molecular formula is C11H17N3. The average Bonchev–Trinajstić information content (AvgIpc) is 2.10. The number of hydrogen-bond acceptors (Lipinski definition) is 3. The molecule has 0 unspecified atom stereocenters. The van der Waals surface area contributed by atoms with Gasteiger partial charge in [0.25, 0.3) is 0 Å². The first kappa shape index (κ1) is 9.44. The third-order valence-corrected chi connectivity index (χ3v) is 2.71. The summed E-state index contributed by atoms with van der Waals surface area (Å²) in [5, 5.41) is 3.44. The maximum Gasteiger partial charge on any atom is 0.130 e. The molecule has 76 valence electrons. The van der Waals surface area contributed by atoms with Gasteiger partial charge < -0.3 is 5.32 Å². The number of aromatic nitrogens is 2. The van der Waals surface area contributed by atoms with Crippen molar-refractivity contribution in [3.8, 4) is 0 Å². The molecule has 3 heteroatoms. The molecule has 14 heavy (non-hydrogen) atoms. The molecule has 3 nitrogen and oxygen atoms in total. The largest absolute Gasteiger partial charge is 0.367 e. The molecule has 0 bridgehead atoms. The fraction of sp³-hybridized carbons (Fsp3) is 0.636. The number of rotatable bonds is 3. The van der Waals surface area contributed by atoms with Gasteiger partial charge in [0.2, 0.25) is 0 Å². The molecule has 0 saturated heterocycles. The van der Waals surface area contributed by atoms with E-state index in [1.54, 1.807) is 0 Å². The van der Waals surface area contributed by atoms with Crippen LogP contribution in [0.4, 0.5) is 5.82 Å². The van der Waals surface area contributed by atoms with E-state index in [4.69, 9.17) is 0 Å². The number of nitrogens with one attached hydrogen (secondary N) is 1. The zero-order chi connectivity index (χ0) is 9.97. The summed E-state index contributed by atoms with van der Waals surface area (Å²) in [7, 11) is 0. The van der Waals surface area contributed by atoms with E-state index < -0.39 is 0 Å². The van der Waals surface area contributed by atoms with Crippen molar-refractivity contribution in [3.63, 3.8) is 0 Å². The van der Waals surface area contributed by atoms with Gasteiger partial charge in [0.1, 0.15) is 11.6 Å². The Morgan fingerprint density at radius 3 is 2.79 bits per heavy atom. The van der Waals surface area contributed by atoms with E-state index in [2.05, 4.69) is 28.3 Å². The van der Waals surface area contributed by atoms with E-state index in [-0.39, 0.29) is 0 Å². The van der Waals surface area contributed by atoms with Crippen molar-refractivity contribution < 1.29 is 0 Å². The molecule has 1 aromatic heterocycles. The third kappa shape index (κ3) is 2.03. The predicted molar refractivity (Wildman–Crippen MR) is 57.4 cm³/mol. The lowest BCUT2D eigenvalue weighted by Crippen LogP contribution is -2.27. The van der Waals surface area contributed by atoms with Gasteiger partial charge in [-0.15, -0.1) is 0 Å². The van der Waals surface area contributed by atoms with Crippen LogP contribution in [0.15, 0.2) is 6.07 Å². The van der Waals surface area contributed by atoms with E-state index in [0.29, 0.717) is 6.04 Å². The van der Waals surface area contributed by atoms with Crippen LogP contribution >= 0.6 is 0 Å². The molecule has 1 fully saturated rings. The third-order valence-electron chi connectivity index (χ3n) is 2.71. The number of hydrogen-bond donors (Lipinski definition) is 1. The second kappa shape index (κ2) is 3.95. The highest BCUT2D eigenvalue weighted by molar-refractivity contribution is 5.37. The first-order chi connectivity index (χ1) is 6.78. The fourth-order valence-corrected chi connectivity index (χ4v) is 1.65. The van der Waals surface area contributed by atoms with Crippen molar-refractivity contribution in [1.29, 1.82) is 0 Å². The molecule has 1 aromatic rings. The molecule has 1 aliphatic rings. The van der Waals surface area contributed by atoms with Gasteiger partial charge in [-0.25, -0.2) is 9.97 Å². The molecule has 1 saturated carbocycles. The molecule has 1 aliphatic carbocycles. The van der Waals surface area contributed by atoms with Gasteiger partial charge in [-0.1, -0.05) is 6.92 Å². The van der Waals surface area contributed by atoms with Crippen LogP contribution in [0.3, 0.4) is 0 Å². The highest BCUT2D eigenvalue weighted by atomic mass is 15.1. The molecule has 0 amide bonds. The fourth-order valence-electron chi connectivity index (χ4n) is 1.65. The molecule has 0 atom stereocenters.